The van der Waals surface area contributed by atoms with E-state index in [1.54, 1.807) is 0 Å². The molecule has 2 N–H and O–H groups in total. The van der Waals surface area contributed by atoms with Crippen LogP contribution in [0.3, 0.4) is 0 Å². The van der Waals surface area contributed by atoms with Crippen LogP contribution >= 0.6 is 23.8 Å². The molecule has 0 unspecified atom stereocenters. The van der Waals surface area contributed by atoms with Crippen molar-refractivity contribution in [1.82, 2.24) is 9.80 Å². The summed E-state index contributed by atoms with van der Waals surface area (Å²) in [6, 6.07) is 13.4. The summed E-state index contributed by atoms with van der Waals surface area (Å²) in [5, 5.41) is 7.66. The summed E-state index contributed by atoms with van der Waals surface area (Å²) in [5.74, 6) is 0.0176. The van der Waals surface area contributed by atoms with Gasteiger partial charge in [0.15, 0.2) is 5.11 Å². The van der Waals surface area contributed by atoms with Gasteiger partial charge in [-0.05, 0) is 67.5 Å². The van der Waals surface area contributed by atoms with Gasteiger partial charge in [0.1, 0.15) is 0 Å². The molecular weight excluding hydrogens is 392 g/mol. The summed E-state index contributed by atoms with van der Waals surface area (Å²) in [4.78, 5) is 16.7. The third kappa shape index (κ3) is 5.44. The number of hydrogen-bond acceptors (Lipinski definition) is 3. The monoisotopic (exact) mass is 416 g/mol. The number of halogens is 1. The number of carbonyl (C=O) groups is 1. The van der Waals surface area contributed by atoms with Gasteiger partial charge in [0.05, 0.1) is 6.54 Å². The summed E-state index contributed by atoms with van der Waals surface area (Å²) < 4.78 is 0. The number of amides is 1. The third-order valence-corrected chi connectivity index (χ3v) is 5.61. The maximum Gasteiger partial charge on any atom is 0.238 e. The minimum atomic E-state index is 0.0176. The van der Waals surface area contributed by atoms with Gasteiger partial charge in [0.2, 0.25) is 5.91 Å². The molecule has 7 heteroatoms. The van der Waals surface area contributed by atoms with Crippen molar-refractivity contribution in [1.29, 1.82) is 0 Å². The second-order valence-corrected chi connectivity index (χ2v) is 7.82. The van der Waals surface area contributed by atoms with Crippen LogP contribution in [0.4, 0.5) is 11.4 Å². The lowest BCUT2D eigenvalue weighted by Gasteiger charge is -2.35. The largest absolute Gasteiger partial charge is 0.346 e. The molecule has 5 nitrogen and oxygen atoms in total. The van der Waals surface area contributed by atoms with Gasteiger partial charge in [-0.25, -0.2) is 0 Å². The summed E-state index contributed by atoms with van der Waals surface area (Å²) >= 11 is 11.4. The van der Waals surface area contributed by atoms with Crippen LogP contribution in [-0.4, -0.2) is 53.5 Å². The van der Waals surface area contributed by atoms with Crippen molar-refractivity contribution in [2.24, 2.45) is 0 Å². The Morgan fingerprint density at radius 2 is 1.71 bits per heavy atom. The number of rotatable bonds is 4. The number of thiocarbonyl (C=S) groups is 1. The van der Waals surface area contributed by atoms with Crippen molar-refractivity contribution in [2.75, 3.05) is 43.4 Å². The third-order valence-electron chi connectivity index (χ3n) is 5.00. The molecule has 0 bridgehead atoms. The highest BCUT2D eigenvalue weighted by atomic mass is 35.5. The van der Waals surface area contributed by atoms with E-state index in [2.05, 4.69) is 20.4 Å². The molecule has 28 heavy (non-hydrogen) atoms. The molecule has 3 rings (SSSR count). The number of piperazine rings is 1. The first-order chi connectivity index (χ1) is 13.4. The van der Waals surface area contributed by atoms with Crippen LogP contribution in [-0.2, 0) is 4.79 Å². The van der Waals surface area contributed by atoms with Gasteiger partial charge in [-0.15, -0.1) is 0 Å². The van der Waals surface area contributed by atoms with Crippen molar-refractivity contribution in [3.05, 3.63) is 58.6 Å². The summed E-state index contributed by atoms with van der Waals surface area (Å²) in [7, 11) is 0. The molecular formula is C21H25ClN4OS. The summed E-state index contributed by atoms with van der Waals surface area (Å²) in [5.41, 5.74) is 4.09. The molecule has 2 aromatic carbocycles. The average molecular weight is 417 g/mol. The topological polar surface area (TPSA) is 47.6 Å². The first-order valence-corrected chi connectivity index (χ1v) is 10.1. The zero-order valence-electron chi connectivity index (χ0n) is 16.2. The molecule has 1 heterocycles. The number of nitrogens with one attached hydrogen (secondary N) is 2. The van der Waals surface area contributed by atoms with Gasteiger partial charge >= 0.3 is 0 Å². The SMILES string of the molecule is Cc1cccc(NC(=O)CN2CCN(C(=S)Nc3ccc(Cl)cc3)CC2)c1C. The second-order valence-electron chi connectivity index (χ2n) is 7.00. The van der Waals surface area contributed by atoms with E-state index in [4.69, 9.17) is 23.8 Å². The fourth-order valence-corrected chi connectivity index (χ4v) is 3.55. The fourth-order valence-electron chi connectivity index (χ4n) is 3.12. The number of carbonyl (C=O) groups excluding carboxylic acids is 1. The van der Waals surface area contributed by atoms with Crippen molar-refractivity contribution < 1.29 is 4.79 Å². The highest BCUT2D eigenvalue weighted by Crippen LogP contribution is 2.18. The Morgan fingerprint density at radius 3 is 2.39 bits per heavy atom. The Labute approximate surface area is 176 Å². The molecule has 1 amide bonds. The van der Waals surface area contributed by atoms with Crippen LogP contribution in [0, 0.1) is 13.8 Å². The molecule has 1 aliphatic heterocycles. The van der Waals surface area contributed by atoms with Crippen LogP contribution in [0.25, 0.3) is 0 Å². The lowest BCUT2D eigenvalue weighted by molar-refractivity contribution is -0.117. The summed E-state index contributed by atoms with van der Waals surface area (Å²) in [6.45, 7) is 7.62. The van der Waals surface area contributed by atoms with E-state index in [1.807, 2.05) is 56.3 Å². The molecule has 0 spiro atoms. The van der Waals surface area contributed by atoms with Gasteiger partial charge in [0, 0.05) is 42.6 Å². The van der Waals surface area contributed by atoms with Gasteiger partial charge in [-0.2, -0.15) is 0 Å². The molecule has 1 aliphatic rings. The minimum absolute atomic E-state index is 0.0176. The fraction of sp³-hybridized carbons (Fsp3) is 0.333. The molecule has 1 fully saturated rings. The van der Waals surface area contributed by atoms with Crippen LogP contribution < -0.4 is 10.6 Å². The Hall–Kier alpha value is -2.15. The van der Waals surface area contributed by atoms with Crippen LogP contribution in [0.15, 0.2) is 42.5 Å². The zero-order valence-corrected chi connectivity index (χ0v) is 17.7. The summed E-state index contributed by atoms with van der Waals surface area (Å²) in [6.07, 6.45) is 0. The molecule has 148 valence electrons. The maximum atomic E-state index is 12.4. The van der Waals surface area contributed by atoms with Gasteiger partial charge < -0.3 is 15.5 Å². The van der Waals surface area contributed by atoms with Gasteiger partial charge in [-0.1, -0.05) is 23.7 Å². The number of hydrogen-bond donors (Lipinski definition) is 2. The van der Waals surface area contributed by atoms with Crippen molar-refractivity contribution >= 4 is 46.2 Å². The van der Waals surface area contributed by atoms with Crippen molar-refractivity contribution in [2.45, 2.75) is 13.8 Å². The van der Waals surface area contributed by atoms with Gasteiger partial charge in [0.25, 0.3) is 0 Å². The van der Waals surface area contributed by atoms with E-state index in [-0.39, 0.29) is 5.91 Å². The molecule has 1 saturated heterocycles. The van der Waals surface area contributed by atoms with Crippen LogP contribution in [0.5, 0.6) is 0 Å². The average Bonchev–Trinajstić information content (AvgIpc) is 2.68. The van der Waals surface area contributed by atoms with Crippen molar-refractivity contribution in [3.8, 4) is 0 Å². The highest BCUT2D eigenvalue weighted by molar-refractivity contribution is 7.80. The Morgan fingerprint density at radius 1 is 1.04 bits per heavy atom. The van der Waals surface area contributed by atoms with Crippen molar-refractivity contribution in [3.63, 3.8) is 0 Å². The lowest BCUT2D eigenvalue weighted by Crippen LogP contribution is -2.51. The zero-order chi connectivity index (χ0) is 20.1. The van der Waals surface area contributed by atoms with Gasteiger partial charge in [-0.3, -0.25) is 9.69 Å². The standard InChI is InChI=1S/C21H25ClN4OS/c1-15-4-3-5-19(16(15)2)24-20(27)14-25-10-12-26(13-11-25)21(28)23-18-8-6-17(22)7-9-18/h3-9H,10-14H2,1-2H3,(H,23,28)(H,24,27). The lowest BCUT2D eigenvalue weighted by atomic mass is 10.1. The Bertz CT molecular complexity index is 848. The normalized spacial score (nSPS) is 14.6. The minimum Gasteiger partial charge on any atom is -0.346 e. The molecule has 2 aromatic rings. The number of anilines is 2. The van der Waals surface area contributed by atoms with E-state index in [0.717, 1.165) is 43.1 Å². The predicted octanol–water partition coefficient (Wildman–Crippen LogP) is 3.91. The molecule has 0 aliphatic carbocycles. The molecule has 0 aromatic heterocycles. The smallest absolute Gasteiger partial charge is 0.238 e. The molecule has 0 atom stereocenters. The van der Waals surface area contributed by atoms with E-state index in [1.165, 1.54) is 5.56 Å². The van der Waals surface area contributed by atoms with E-state index in [0.29, 0.717) is 16.7 Å². The quantitative estimate of drug-likeness (QED) is 0.740. The second kappa shape index (κ2) is 9.37. The first kappa shape index (κ1) is 20.6. The number of benzene rings is 2. The van der Waals surface area contributed by atoms with Crippen LogP contribution in [0.1, 0.15) is 11.1 Å². The maximum absolute atomic E-state index is 12.4. The van der Waals surface area contributed by atoms with E-state index < -0.39 is 0 Å². The van der Waals surface area contributed by atoms with E-state index >= 15 is 0 Å². The highest BCUT2D eigenvalue weighted by Gasteiger charge is 2.21. The van der Waals surface area contributed by atoms with Crippen LogP contribution in [0.2, 0.25) is 5.02 Å². The number of nitrogens with zero attached hydrogens (tertiary/aromatic N) is 2. The molecule has 0 saturated carbocycles. The molecule has 0 radical (unpaired) electrons. The Kier molecular flexibility index (Phi) is 6.88. The first-order valence-electron chi connectivity index (χ1n) is 9.32. The predicted molar refractivity (Wildman–Crippen MR) is 120 cm³/mol. The van der Waals surface area contributed by atoms with E-state index in [9.17, 15) is 4.79 Å². The Balaban J connectivity index is 1.45. The number of aryl methyl sites for hydroxylation is 1.